The molecule has 0 bridgehead atoms. The average Bonchev–Trinajstić information content (AvgIpc) is 2.49. The van der Waals surface area contributed by atoms with Crippen LogP contribution in [0.25, 0.3) is 0 Å². The zero-order chi connectivity index (χ0) is 16.1. The van der Waals surface area contributed by atoms with Gasteiger partial charge < -0.3 is 15.1 Å². The number of benzene rings is 1. The van der Waals surface area contributed by atoms with Crippen LogP contribution in [0.3, 0.4) is 0 Å². The number of hydrogen-bond acceptors (Lipinski definition) is 2. The Morgan fingerprint density at radius 2 is 2.00 bits per heavy atom. The van der Waals surface area contributed by atoms with E-state index in [0.717, 1.165) is 30.5 Å². The molecule has 130 valence electrons. The Morgan fingerprint density at radius 3 is 2.52 bits per heavy atom. The van der Waals surface area contributed by atoms with Crippen molar-refractivity contribution in [2.75, 3.05) is 39.1 Å². The molecule has 1 aromatic carbocycles. The summed E-state index contributed by atoms with van der Waals surface area (Å²) in [6, 6.07) is 5.36. The first-order valence-corrected chi connectivity index (χ1v) is 7.92. The van der Waals surface area contributed by atoms with Crippen LogP contribution in [0, 0.1) is 11.7 Å². The van der Waals surface area contributed by atoms with Crippen molar-refractivity contribution in [3.63, 3.8) is 0 Å². The highest BCUT2D eigenvalue weighted by molar-refractivity contribution is 14.0. The van der Waals surface area contributed by atoms with Gasteiger partial charge in [-0.2, -0.15) is 0 Å². The summed E-state index contributed by atoms with van der Waals surface area (Å²) in [5, 5.41) is 3.34. The van der Waals surface area contributed by atoms with Crippen molar-refractivity contribution in [2.24, 2.45) is 10.9 Å². The van der Waals surface area contributed by atoms with Crippen molar-refractivity contribution >= 4 is 35.6 Å². The summed E-state index contributed by atoms with van der Waals surface area (Å²) >= 11 is 0. The molecular weight excluding hydrogens is 406 g/mol. The van der Waals surface area contributed by atoms with Gasteiger partial charge in [-0.3, -0.25) is 4.99 Å². The van der Waals surface area contributed by atoms with Crippen LogP contribution in [-0.4, -0.2) is 45.1 Å². The molecular formula is C17H28FIN4. The molecule has 1 aliphatic heterocycles. The van der Waals surface area contributed by atoms with E-state index in [0.29, 0.717) is 12.2 Å². The van der Waals surface area contributed by atoms with Gasteiger partial charge in [0.15, 0.2) is 5.96 Å². The first kappa shape index (κ1) is 20.0. The second-order valence-electron chi connectivity index (χ2n) is 6.25. The van der Waals surface area contributed by atoms with E-state index >= 15 is 0 Å². The quantitative estimate of drug-likeness (QED) is 0.450. The summed E-state index contributed by atoms with van der Waals surface area (Å²) in [5.41, 5.74) is 1.53. The zero-order valence-electron chi connectivity index (χ0n) is 14.5. The Labute approximate surface area is 156 Å². The van der Waals surface area contributed by atoms with Gasteiger partial charge in [0, 0.05) is 40.8 Å². The minimum Gasteiger partial charge on any atom is -0.375 e. The Hall–Kier alpha value is -1.05. The number of aliphatic imine (C=N–C) groups is 1. The first-order chi connectivity index (χ1) is 10.5. The highest BCUT2D eigenvalue weighted by Crippen LogP contribution is 2.19. The Bertz CT molecular complexity index is 525. The molecule has 23 heavy (non-hydrogen) atoms. The predicted octanol–water partition coefficient (Wildman–Crippen LogP) is 3.32. The minimum atomic E-state index is -0.189. The molecule has 1 aromatic rings. The number of hydrogen-bond donors (Lipinski definition) is 1. The van der Waals surface area contributed by atoms with Crippen molar-refractivity contribution in [1.82, 2.24) is 10.2 Å². The molecule has 0 unspecified atom stereocenters. The molecule has 1 saturated heterocycles. The third-order valence-corrected chi connectivity index (χ3v) is 4.24. The Balaban J connectivity index is 0.00000264. The molecule has 0 spiro atoms. The molecule has 0 aromatic heterocycles. The summed E-state index contributed by atoms with van der Waals surface area (Å²) in [6.45, 7) is 4.95. The molecule has 6 heteroatoms. The second kappa shape index (κ2) is 9.30. The second-order valence-corrected chi connectivity index (χ2v) is 6.25. The standard InChI is InChI=1S/C17H27FN4.HI/c1-13-7-9-22(10-8-13)17(19-2)20-12-14-5-6-16(21(3)4)15(18)11-14;/h5-6,11,13H,7-10,12H2,1-4H3,(H,19,20);1H. The van der Waals surface area contributed by atoms with Gasteiger partial charge in [0.2, 0.25) is 0 Å². The number of likely N-dealkylation sites (tertiary alicyclic amines) is 1. The number of guanidine groups is 1. The maximum absolute atomic E-state index is 14.0. The zero-order valence-corrected chi connectivity index (χ0v) is 16.8. The maximum Gasteiger partial charge on any atom is 0.193 e. The van der Waals surface area contributed by atoms with Crippen LogP contribution in [0.5, 0.6) is 0 Å². The topological polar surface area (TPSA) is 30.9 Å². The van der Waals surface area contributed by atoms with E-state index in [9.17, 15) is 4.39 Å². The SMILES string of the molecule is CN=C(NCc1ccc(N(C)C)c(F)c1)N1CCC(C)CC1.I. The third kappa shape index (κ3) is 5.51. The van der Waals surface area contributed by atoms with Gasteiger partial charge in [-0.1, -0.05) is 13.0 Å². The maximum atomic E-state index is 14.0. The van der Waals surface area contributed by atoms with E-state index in [2.05, 4.69) is 22.1 Å². The Morgan fingerprint density at radius 1 is 1.35 bits per heavy atom. The molecule has 1 aliphatic rings. The van der Waals surface area contributed by atoms with Gasteiger partial charge in [0.1, 0.15) is 5.82 Å². The number of nitrogens with one attached hydrogen (secondary N) is 1. The van der Waals surface area contributed by atoms with E-state index in [1.165, 1.54) is 12.8 Å². The monoisotopic (exact) mass is 434 g/mol. The number of nitrogens with zero attached hydrogens (tertiary/aromatic N) is 3. The third-order valence-electron chi connectivity index (χ3n) is 4.24. The number of rotatable bonds is 3. The number of anilines is 1. The molecule has 0 radical (unpaired) electrons. The van der Waals surface area contributed by atoms with Crippen molar-refractivity contribution in [3.05, 3.63) is 29.6 Å². The first-order valence-electron chi connectivity index (χ1n) is 7.92. The van der Waals surface area contributed by atoms with Crippen molar-refractivity contribution in [1.29, 1.82) is 0 Å². The van der Waals surface area contributed by atoms with Gasteiger partial charge in [-0.15, -0.1) is 24.0 Å². The van der Waals surface area contributed by atoms with Gasteiger partial charge in [-0.25, -0.2) is 4.39 Å². The summed E-state index contributed by atoms with van der Waals surface area (Å²) in [6.07, 6.45) is 2.40. The molecule has 1 fully saturated rings. The van der Waals surface area contributed by atoms with E-state index in [-0.39, 0.29) is 29.8 Å². The van der Waals surface area contributed by atoms with Crippen LogP contribution < -0.4 is 10.2 Å². The molecule has 0 saturated carbocycles. The fraction of sp³-hybridized carbons (Fsp3) is 0.588. The fourth-order valence-corrected chi connectivity index (χ4v) is 2.76. The van der Waals surface area contributed by atoms with Crippen molar-refractivity contribution < 1.29 is 4.39 Å². The molecule has 0 aliphatic carbocycles. The molecule has 4 nitrogen and oxygen atoms in total. The van der Waals surface area contributed by atoms with Crippen LogP contribution in [-0.2, 0) is 6.54 Å². The van der Waals surface area contributed by atoms with E-state index in [4.69, 9.17) is 0 Å². The summed E-state index contributed by atoms with van der Waals surface area (Å²) in [4.78, 5) is 8.41. The van der Waals surface area contributed by atoms with Crippen molar-refractivity contribution in [3.8, 4) is 0 Å². The van der Waals surface area contributed by atoms with Crippen LogP contribution >= 0.6 is 24.0 Å². The summed E-state index contributed by atoms with van der Waals surface area (Å²) < 4.78 is 14.0. The van der Waals surface area contributed by atoms with Gasteiger partial charge in [0.25, 0.3) is 0 Å². The number of halogens is 2. The van der Waals surface area contributed by atoms with Crippen LogP contribution in [0.4, 0.5) is 10.1 Å². The van der Waals surface area contributed by atoms with Crippen LogP contribution in [0.1, 0.15) is 25.3 Å². The van der Waals surface area contributed by atoms with Gasteiger partial charge in [0.05, 0.1) is 5.69 Å². The molecule has 2 rings (SSSR count). The lowest BCUT2D eigenvalue weighted by atomic mass is 9.99. The molecule has 0 atom stereocenters. The largest absolute Gasteiger partial charge is 0.375 e. The van der Waals surface area contributed by atoms with Crippen LogP contribution in [0.2, 0.25) is 0 Å². The van der Waals surface area contributed by atoms with E-state index in [1.807, 2.05) is 26.2 Å². The fourth-order valence-electron chi connectivity index (χ4n) is 2.76. The lowest BCUT2D eigenvalue weighted by Gasteiger charge is -2.33. The highest BCUT2D eigenvalue weighted by Gasteiger charge is 2.18. The summed E-state index contributed by atoms with van der Waals surface area (Å²) in [7, 11) is 5.49. The average molecular weight is 434 g/mol. The minimum absolute atomic E-state index is 0. The highest BCUT2D eigenvalue weighted by atomic mass is 127. The van der Waals surface area contributed by atoms with E-state index < -0.39 is 0 Å². The van der Waals surface area contributed by atoms with E-state index in [1.54, 1.807) is 18.0 Å². The summed E-state index contributed by atoms with van der Waals surface area (Å²) in [5.74, 6) is 1.51. The normalized spacial score (nSPS) is 16.0. The van der Waals surface area contributed by atoms with Crippen LogP contribution in [0.15, 0.2) is 23.2 Å². The smallest absolute Gasteiger partial charge is 0.193 e. The molecule has 1 N–H and O–H groups in total. The molecule has 0 amide bonds. The molecule has 1 heterocycles. The lowest BCUT2D eigenvalue weighted by Crippen LogP contribution is -2.45. The van der Waals surface area contributed by atoms with Gasteiger partial charge in [-0.05, 0) is 36.5 Å². The Kier molecular flexibility index (Phi) is 8.08. The predicted molar refractivity (Wildman–Crippen MR) is 106 cm³/mol. The van der Waals surface area contributed by atoms with Crippen molar-refractivity contribution in [2.45, 2.75) is 26.3 Å². The van der Waals surface area contributed by atoms with Gasteiger partial charge >= 0.3 is 0 Å². The lowest BCUT2D eigenvalue weighted by molar-refractivity contribution is 0.273. The number of piperidine rings is 1.